The minimum Gasteiger partial charge on any atom is -0.496 e. The fraction of sp³-hybridized carbons (Fsp3) is 0.250. The highest BCUT2D eigenvalue weighted by Crippen LogP contribution is 2.38. The van der Waals surface area contributed by atoms with Crippen molar-refractivity contribution in [3.63, 3.8) is 0 Å². The molecule has 0 saturated heterocycles. The number of benzene rings is 3. The van der Waals surface area contributed by atoms with Crippen molar-refractivity contribution < 1.29 is 14.3 Å². The zero-order valence-corrected chi connectivity index (χ0v) is 23.3. The molecule has 1 amide bonds. The standard InChI is InChI=1S/C22H19ClN2O3.C10H13NO/c1-28-20-6-2-4-16-17(20)11-12-19(16)25-13-3-5-18(22(25)27)21(26)24-15-9-7-14(23)8-10-15;1-12-10-4-2-3-7-8(10)5-6-9(7)11/h2-10,13,19H,11-12H2,1H3,(H,24,26);2-4,9H,5-6,11H2,1H3. The van der Waals surface area contributed by atoms with E-state index in [9.17, 15) is 9.59 Å². The second-order valence-electron chi connectivity index (χ2n) is 9.85. The van der Waals surface area contributed by atoms with Crippen LogP contribution in [0.5, 0.6) is 11.5 Å². The van der Waals surface area contributed by atoms with Crippen LogP contribution in [0.3, 0.4) is 0 Å². The number of rotatable bonds is 5. The van der Waals surface area contributed by atoms with Gasteiger partial charge in [-0.1, -0.05) is 35.9 Å². The van der Waals surface area contributed by atoms with E-state index in [-0.39, 0.29) is 23.2 Å². The van der Waals surface area contributed by atoms with Gasteiger partial charge >= 0.3 is 0 Å². The number of pyridine rings is 1. The predicted octanol–water partition coefficient (Wildman–Crippen LogP) is 5.94. The number of aromatic nitrogens is 1. The molecule has 7 nitrogen and oxygen atoms in total. The van der Waals surface area contributed by atoms with Crippen LogP contribution in [0.15, 0.2) is 83.8 Å². The monoisotopic (exact) mass is 557 g/mol. The maximum absolute atomic E-state index is 13.1. The zero-order valence-electron chi connectivity index (χ0n) is 22.5. The van der Waals surface area contributed by atoms with Crippen molar-refractivity contribution in [1.29, 1.82) is 0 Å². The normalized spacial score (nSPS) is 16.8. The summed E-state index contributed by atoms with van der Waals surface area (Å²) < 4.78 is 12.3. The van der Waals surface area contributed by atoms with Gasteiger partial charge in [-0.3, -0.25) is 9.59 Å². The lowest BCUT2D eigenvalue weighted by Gasteiger charge is -2.17. The molecule has 6 rings (SSSR count). The molecule has 0 radical (unpaired) electrons. The molecule has 3 aromatic carbocycles. The fourth-order valence-electron chi connectivity index (χ4n) is 5.58. The van der Waals surface area contributed by atoms with Gasteiger partial charge < -0.3 is 25.1 Å². The first-order valence-corrected chi connectivity index (χ1v) is 13.6. The molecule has 0 bridgehead atoms. The average molecular weight is 558 g/mol. The number of hydrogen-bond acceptors (Lipinski definition) is 5. The van der Waals surface area contributed by atoms with Crippen molar-refractivity contribution in [1.82, 2.24) is 4.57 Å². The Morgan fingerprint density at radius 3 is 2.17 bits per heavy atom. The van der Waals surface area contributed by atoms with Gasteiger partial charge in [-0.2, -0.15) is 0 Å². The highest BCUT2D eigenvalue weighted by molar-refractivity contribution is 6.30. The Kier molecular flexibility index (Phi) is 8.24. The molecule has 2 atom stereocenters. The molecule has 1 aromatic heterocycles. The van der Waals surface area contributed by atoms with Crippen LogP contribution in [0, 0.1) is 0 Å². The van der Waals surface area contributed by atoms with E-state index in [1.807, 2.05) is 30.3 Å². The Bertz CT molecular complexity index is 1580. The van der Waals surface area contributed by atoms with Gasteiger partial charge in [0.1, 0.15) is 17.1 Å². The second kappa shape index (κ2) is 12.0. The van der Waals surface area contributed by atoms with Crippen LogP contribution in [0.25, 0.3) is 0 Å². The lowest BCUT2D eigenvalue weighted by molar-refractivity contribution is 0.102. The van der Waals surface area contributed by atoms with Gasteiger partial charge in [-0.15, -0.1) is 0 Å². The molecule has 4 aromatic rings. The summed E-state index contributed by atoms with van der Waals surface area (Å²) in [5.74, 6) is 1.38. The molecule has 2 unspecified atom stereocenters. The number of carbonyl (C=O) groups excluding carboxylic acids is 1. The second-order valence-corrected chi connectivity index (χ2v) is 10.3. The SMILES string of the molecule is COc1cccc2c1CCC2N.COc1cccc2c1CCC2n1cccc(C(=O)Nc2ccc(Cl)cc2)c1=O. The molecule has 1 heterocycles. The average Bonchev–Trinajstić information content (AvgIpc) is 3.58. The van der Waals surface area contributed by atoms with E-state index in [0.717, 1.165) is 48.3 Å². The molecule has 0 spiro atoms. The maximum Gasteiger partial charge on any atom is 0.263 e. The van der Waals surface area contributed by atoms with E-state index >= 15 is 0 Å². The minimum absolute atomic E-state index is 0.105. The van der Waals surface area contributed by atoms with Crippen LogP contribution in [0.2, 0.25) is 5.02 Å². The summed E-state index contributed by atoms with van der Waals surface area (Å²) in [6.07, 6.45) is 5.46. The Morgan fingerprint density at radius 2 is 1.50 bits per heavy atom. The van der Waals surface area contributed by atoms with Crippen LogP contribution in [0.4, 0.5) is 5.69 Å². The number of nitrogens with two attached hydrogens (primary N) is 1. The molecule has 0 fully saturated rings. The molecule has 40 heavy (non-hydrogen) atoms. The zero-order chi connectivity index (χ0) is 28.2. The lowest BCUT2D eigenvalue weighted by atomic mass is 10.1. The number of fused-ring (bicyclic) bond motifs is 2. The van der Waals surface area contributed by atoms with E-state index in [4.69, 9.17) is 26.8 Å². The third kappa shape index (κ3) is 5.48. The van der Waals surface area contributed by atoms with E-state index in [1.165, 1.54) is 11.1 Å². The summed E-state index contributed by atoms with van der Waals surface area (Å²) in [5, 5.41) is 3.33. The van der Waals surface area contributed by atoms with Crippen molar-refractivity contribution in [2.75, 3.05) is 19.5 Å². The summed E-state index contributed by atoms with van der Waals surface area (Å²) in [5.41, 5.74) is 11.0. The quantitative estimate of drug-likeness (QED) is 0.317. The van der Waals surface area contributed by atoms with Crippen LogP contribution >= 0.6 is 11.6 Å². The van der Waals surface area contributed by atoms with Gasteiger partial charge in [0.15, 0.2) is 0 Å². The van der Waals surface area contributed by atoms with Gasteiger partial charge in [-0.25, -0.2) is 0 Å². The highest BCUT2D eigenvalue weighted by atomic mass is 35.5. The van der Waals surface area contributed by atoms with Gasteiger partial charge in [0.05, 0.1) is 20.3 Å². The van der Waals surface area contributed by atoms with E-state index in [1.54, 1.807) is 61.4 Å². The smallest absolute Gasteiger partial charge is 0.263 e. The van der Waals surface area contributed by atoms with Crippen LogP contribution in [-0.2, 0) is 12.8 Å². The van der Waals surface area contributed by atoms with Gasteiger partial charge in [-0.05, 0) is 96.5 Å². The maximum atomic E-state index is 13.1. The molecular weight excluding hydrogens is 526 g/mol. The highest BCUT2D eigenvalue weighted by Gasteiger charge is 2.28. The van der Waals surface area contributed by atoms with Crippen LogP contribution in [-0.4, -0.2) is 24.7 Å². The Hall–Kier alpha value is -4.07. The number of amides is 1. The van der Waals surface area contributed by atoms with Gasteiger partial charge in [0, 0.05) is 22.9 Å². The summed E-state index contributed by atoms with van der Waals surface area (Å²) in [6, 6.07) is 22.1. The van der Waals surface area contributed by atoms with Crippen molar-refractivity contribution >= 4 is 23.2 Å². The minimum atomic E-state index is -0.439. The summed E-state index contributed by atoms with van der Waals surface area (Å²) in [7, 11) is 3.36. The molecule has 3 N–H and O–H groups in total. The predicted molar refractivity (Wildman–Crippen MR) is 158 cm³/mol. The van der Waals surface area contributed by atoms with Crippen molar-refractivity contribution in [2.45, 2.75) is 37.8 Å². The molecule has 8 heteroatoms. The molecule has 0 saturated carbocycles. The fourth-order valence-corrected chi connectivity index (χ4v) is 5.71. The Labute approximate surface area is 238 Å². The molecular formula is C32H32ClN3O4. The Morgan fingerprint density at radius 1 is 0.875 bits per heavy atom. The largest absolute Gasteiger partial charge is 0.496 e. The topological polar surface area (TPSA) is 95.6 Å². The number of halogens is 1. The molecule has 206 valence electrons. The number of nitrogens with zero attached hydrogens (tertiary/aromatic N) is 1. The number of nitrogens with one attached hydrogen (secondary N) is 1. The number of carbonyl (C=O) groups is 1. The Balaban J connectivity index is 0.000000223. The number of anilines is 1. The van der Waals surface area contributed by atoms with Crippen molar-refractivity contribution in [3.8, 4) is 11.5 Å². The summed E-state index contributed by atoms with van der Waals surface area (Å²) in [6.45, 7) is 0. The van der Waals surface area contributed by atoms with E-state index in [2.05, 4.69) is 11.4 Å². The van der Waals surface area contributed by atoms with Gasteiger partial charge in [0.2, 0.25) is 0 Å². The van der Waals surface area contributed by atoms with Gasteiger partial charge in [0.25, 0.3) is 11.5 Å². The third-order valence-electron chi connectivity index (χ3n) is 7.57. The summed E-state index contributed by atoms with van der Waals surface area (Å²) >= 11 is 5.87. The third-order valence-corrected chi connectivity index (χ3v) is 7.82. The number of hydrogen-bond donors (Lipinski definition) is 2. The molecule has 0 aliphatic heterocycles. The number of methoxy groups -OCH3 is 2. The van der Waals surface area contributed by atoms with Crippen LogP contribution < -0.4 is 26.1 Å². The first-order chi connectivity index (χ1) is 19.4. The van der Waals surface area contributed by atoms with Crippen molar-refractivity contribution in [3.05, 3.63) is 122 Å². The first-order valence-electron chi connectivity index (χ1n) is 13.3. The number of ether oxygens (including phenoxy) is 2. The van der Waals surface area contributed by atoms with Crippen LogP contribution in [0.1, 0.15) is 57.5 Å². The molecule has 2 aliphatic carbocycles. The summed E-state index contributed by atoms with van der Waals surface area (Å²) in [4.78, 5) is 25.7. The molecule has 2 aliphatic rings. The van der Waals surface area contributed by atoms with E-state index < -0.39 is 5.91 Å². The lowest BCUT2D eigenvalue weighted by Crippen LogP contribution is -2.30. The first kappa shape index (κ1) is 27.5. The van der Waals surface area contributed by atoms with E-state index in [0.29, 0.717) is 10.7 Å². The van der Waals surface area contributed by atoms with Crippen molar-refractivity contribution in [2.24, 2.45) is 5.73 Å².